The molecule has 0 bridgehead atoms. The van der Waals surface area contributed by atoms with Crippen molar-refractivity contribution in [1.82, 2.24) is 9.97 Å². The van der Waals surface area contributed by atoms with Crippen LogP contribution in [0.15, 0.2) is 217 Å². The van der Waals surface area contributed by atoms with Crippen LogP contribution in [0.2, 0.25) is 0 Å². The van der Waals surface area contributed by atoms with Crippen LogP contribution in [0.25, 0.3) is 88.5 Å². The average molecular weight is 742 g/mol. The largest absolute Gasteiger partial charge is 0.456 e. The molecule has 11 rings (SSSR count). The second-order valence-corrected chi connectivity index (χ2v) is 14.6. The van der Waals surface area contributed by atoms with Crippen LogP contribution < -0.4 is 4.90 Å². The van der Waals surface area contributed by atoms with Gasteiger partial charge in [0.1, 0.15) is 11.2 Å². The summed E-state index contributed by atoms with van der Waals surface area (Å²) in [7, 11) is 0. The lowest BCUT2D eigenvalue weighted by Gasteiger charge is -2.26. The van der Waals surface area contributed by atoms with Crippen LogP contribution in [-0.4, -0.2) is 9.97 Å². The minimum absolute atomic E-state index is 0.668. The van der Waals surface area contributed by atoms with Crippen molar-refractivity contribution in [2.75, 3.05) is 4.90 Å². The Hall–Kier alpha value is -7.82. The Morgan fingerprint density at radius 2 is 0.879 bits per heavy atom. The SMILES string of the molecule is c1ccc(-c2ccc(N(c3ccc(-c4ccccc4)cc3)c3ccc(-c4nc(-c5cccc6oc7cc8ccccc8cc7c56)c5ccccc5n4)cc3)cc2)cc1. The molecule has 0 atom stereocenters. The summed E-state index contributed by atoms with van der Waals surface area (Å²) >= 11 is 0. The lowest BCUT2D eigenvalue weighted by molar-refractivity contribution is 0.669. The minimum atomic E-state index is 0.668. The Kier molecular flexibility index (Phi) is 8.11. The van der Waals surface area contributed by atoms with Gasteiger partial charge in [-0.05, 0) is 106 Å². The molecule has 4 heteroatoms. The van der Waals surface area contributed by atoms with Gasteiger partial charge >= 0.3 is 0 Å². The zero-order valence-electron chi connectivity index (χ0n) is 31.5. The Morgan fingerprint density at radius 1 is 0.362 bits per heavy atom. The molecule has 2 aromatic heterocycles. The summed E-state index contributed by atoms with van der Waals surface area (Å²) in [5, 5.41) is 5.46. The van der Waals surface area contributed by atoms with E-state index in [2.05, 4.69) is 205 Å². The van der Waals surface area contributed by atoms with Crippen molar-refractivity contribution in [2.24, 2.45) is 0 Å². The Morgan fingerprint density at radius 3 is 1.50 bits per heavy atom. The van der Waals surface area contributed by atoms with E-state index in [1.807, 2.05) is 12.1 Å². The molecule has 0 fully saturated rings. The van der Waals surface area contributed by atoms with E-state index in [0.29, 0.717) is 5.82 Å². The molecule has 2 heterocycles. The first-order chi connectivity index (χ1) is 28.7. The number of fused-ring (bicyclic) bond motifs is 5. The molecule has 0 aliphatic rings. The molecule has 0 spiro atoms. The van der Waals surface area contributed by atoms with Gasteiger partial charge in [0.2, 0.25) is 0 Å². The zero-order valence-corrected chi connectivity index (χ0v) is 31.5. The molecular weight excluding hydrogens is 707 g/mol. The van der Waals surface area contributed by atoms with Crippen molar-refractivity contribution < 1.29 is 4.42 Å². The van der Waals surface area contributed by atoms with Gasteiger partial charge in [0.15, 0.2) is 5.82 Å². The van der Waals surface area contributed by atoms with E-state index < -0.39 is 0 Å². The highest BCUT2D eigenvalue weighted by molar-refractivity contribution is 6.17. The van der Waals surface area contributed by atoms with Gasteiger partial charge in [-0.3, -0.25) is 0 Å². The topological polar surface area (TPSA) is 42.2 Å². The molecule has 58 heavy (non-hydrogen) atoms. The summed E-state index contributed by atoms with van der Waals surface area (Å²) in [6.07, 6.45) is 0. The molecular formula is C54H35N3O. The second-order valence-electron chi connectivity index (χ2n) is 14.6. The van der Waals surface area contributed by atoms with E-state index in [9.17, 15) is 0 Å². The standard InChI is InChI=1S/C54H35N3O/c1-3-12-36(13-4-1)38-22-28-43(29-23-38)57(44-30-24-39(25-31-44)37-14-5-2-6-15-37)45-32-26-40(27-33-45)54-55-49-20-10-9-18-46(49)53(56-54)47-19-11-21-50-52(47)48-34-41-16-7-8-17-42(41)35-51(48)58-50/h1-35H. The van der Waals surface area contributed by atoms with Gasteiger partial charge in [-0.15, -0.1) is 0 Å². The van der Waals surface area contributed by atoms with Gasteiger partial charge in [-0.25, -0.2) is 9.97 Å². The molecule has 0 unspecified atom stereocenters. The first-order valence-electron chi connectivity index (χ1n) is 19.6. The highest BCUT2D eigenvalue weighted by Gasteiger charge is 2.19. The lowest BCUT2D eigenvalue weighted by Crippen LogP contribution is -2.10. The normalized spacial score (nSPS) is 11.4. The van der Waals surface area contributed by atoms with Crippen molar-refractivity contribution >= 4 is 60.7 Å². The zero-order chi connectivity index (χ0) is 38.4. The van der Waals surface area contributed by atoms with Crippen LogP contribution in [0, 0.1) is 0 Å². The quantitative estimate of drug-likeness (QED) is 0.163. The maximum Gasteiger partial charge on any atom is 0.160 e. The van der Waals surface area contributed by atoms with Crippen molar-refractivity contribution in [3.8, 4) is 44.9 Å². The van der Waals surface area contributed by atoms with Crippen LogP contribution >= 0.6 is 0 Å². The monoisotopic (exact) mass is 741 g/mol. The van der Waals surface area contributed by atoms with E-state index in [1.54, 1.807) is 0 Å². The molecule has 0 aliphatic heterocycles. The third kappa shape index (κ3) is 5.96. The molecule has 0 N–H and O–H groups in total. The van der Waals surface area contributed by atoms with E-state index in [4.69, 9.17) is 14.4 Å². The number of anilines is 3. The van der Waals surface area contributed by atoms with E-state index in [-0.39, 0.29) is 0 Å². The molecule has 4 nitrogen and oxygen atoms in total. The van der Waals surface area contributed by atoms with Crippen LogP contribution in [0.5, 0.6) is 0 Å². The van der Waals surface area contributed by atoms with Crippen LogP contribution in [-0.2, 0) is 0 Å². The highest BCUT2D eigenvalue weighted by atomic mass is 16.3. The van der Waals surface area contributed by atoms with Gasteiger partial charge in [-0.1, -0.05) is 140 Å². The number of hydrogen-bond acceptors (Lipinski definition) is 4. The maximum absolute atomic E-state index is 6.47. The number of aromatic nitrogens is 2. The number of hydrogen-bond donors (Lipinski definition) is 0. The minimum Gasteiger partial charge on any atom is -0.456 e. The fourth-order valence-electron chi connectivity index (χ4n) is 8.19. The highest BCUT2D eigenvalue weighted by Crippen LogP contribution is 2.41. The lowest BCUT2D eigenvalue weighted by atomic mass is 9.99. The summed E-state index contributed by atoms with van der Waals surface area (Å²) in [5.74, 6) is 0.668. The van der Waals surface area contributed by atoms with E-state index in [1.165, 1.54) is 27.6 Å². The van der Waals surface area contributed by atoms with Gasteiger partial charge in [0.25, 0.3) is 0 Å². The summed E-state index contributed by atoms with van der Waals surface area (Å²) in [6.45, 7) is 0. The molecule has 0 amide bonds. The molecule has 0 saturated heterocycles. The Balaban J connectivity index is 1.01. The maximum atomic E-state index is 6.47. The summed E-state index contributed by atoms with van der Waals surface area (Å²) < 4.78 is 6.47. The number of benzene rings is 9. The Bertz CT molecular complexity index is 3160. The van der Waals surface area contributed by atoms with Gasteiger partial charge in [0.05, 0.1) is 11.2 Å². The third-order valence-corrected chi connectivity index (χ3v) is 11.1. The predicted molar refractivity (Wildman–Crippen MR) is 241 cm³/mol. The van der Waals surface area contributed by atoms with Crippen molar-refractivity contribution in [3.05, 3.63) is 212 Å². The number of furan rings is 1. The summed E-state index contributed by atoms with van der Waals surface area (Å²) in [5.41, 5.74) is 13.3. The number of rotatable bonds is 7. The molecule has 272 valence electrons. The molecule has 11 aromatic rings. The number of para-hydroxylation sites is 1. The fourth-order valence-corrected chi connectivity index (χ4v) is 8.19. The average Bonchev–Trinajstić information content (AvgIpc) is 3.67. The van der Waals surface area contributed by atoms with Crippen molar-refractivity contribution in [3.63, 3.8) is 0 Å². The Labute approximate surface area is 335 Å². The molecule has 9 aromatic carbocycles. The fraction of sp³-hybridized carbons (Fsp3) is 0. The van der Waals surface area contributed by atoms with E-state index >= 15 is 0 Å². The van der Waals surface area contributed by atoms with Crippen molar-refractivity contribution in [1.29, 1.82) is 0 Å². The second kappa shape index (κ2) is 14.0. The third-order valence-electron chi connectivity index (χ3n) is 11.1. The van der Waals surface area contributed by atoms with E-state index in [0.717, 1.165) is 72.1 Å². The summed E-state index contributed by atoms with van der Waals surface area (Å²) in [4.78, 5) is 12.8. The van der Waals surface area contributed by atoms with Crippen molar-refractivity contribution in [2.45, 2.75) is 0 Å². The van der Waals surface area contributed by atoms with Gasteiger partial charge < -0.3 is 9.32 Å². The molecule has 0 radical (unpaired) electrons. The number of nitrogens with zero attached hydrogens (tertiary/aromatic N) is 3. The predicted octanol–water partition coefficient (Wildman–Crippen LogP) is 14.8. The summed E-state index contributed by atoms with van der Waals surface area (Å²) in [6, 6.07) is 74.5. The van der Waals surface area contributed by atoms with Gasteiger partial charge in [0, 0.05) is 44.3 Å². The first-order valence-corrected chi connectivity index (χ1v) is 19.6. The molecule has 0 saturated carbocycles. The first kappa shape index (κ1) is 33.5. The van der Waals surface area contributed by atoms with Gasteiger partial charge in [-0.2, -0.15) is 0 Å². The molecule has 0 aliphatic carbocycles. The van der Waals surface area contributed by atoms with Crippen LogP contribution in [0.4, 0.5) is 17.1 Å². The smallest absolute Gasteiger partial charge is 0.160 e. The van der Waals surface area contributed by atoms with Crippen LogP contribution in [0.1, 0.15) is 0 Å². The van der Waals surface area contributed by atoms with Crippen LogP contribution in [0.3, 0.4) is 0 Å².